The van der Waals surface area contributed by atoms with Crippen molar-refractivity contribution in [3.8, 4) is 0 Å². The Bertz CT molecular complexity index is 858. The second-order valence-corrected chi connectivity index (χ2v) is 7.31. The average molecular weight is 371 g/mol. The number of hydrogen-bond acceptors (Lipinski definition) is 4. The number of aryl methyl sites for hydroxylation is 1. The van der Waals surface area contributed by atoms with Crippen LogP contribution in [0.5, 0.6) is 0 Å². The van der Waals surface area contributed by atoms with Gasteiger partial charge in [-0.1, -0.05) is 24.1 Å². The maximum Gasteiger partial charge on any atom is 0.273 e. The minimum absolute atomic E-state index is 0.148. The van der Waals surface area contributed by atoms with Gasteiger partial charge in [0.25, 0.3) is 11.8 Å². The normalized spacial score (nSPS) is 19.5. The van der Waals surface area contributed by atoms with Crippen LogP contribution in [0.2, 0.25) is 0 Å². The van der Waals surface area contributed by atoms with Crippen molar-refractivity contribution in [3.63, 3.8) is 0 Å². The zero-order valence-electron chi connectivity index (χ0n) is 15.0. The Hall–Kier alpha value is -2.70. The lowest BCUT2D eigenvalue weighted by molar-refractivity contribution is 0.0925. The molecule has 0 spiro atoms. The van der Waals surface area contributed by atoms with Crippen LogP contribution in [0.4, 0.5) is 4.39 Å². The number of hydrogen-bond donors (Lipinski definition) is 2. The number of nitrogens with one attached hydrogen (secondary N) is 2. The summed E-state index contributed by atoms with van der Waals surface area (Å²) in [6.07, 6.45) is 6.04. The summed E-state index contributed by atoms with van der Waals surface area (Å²) >= 11 is 0. The standard InChI is InChI=1S/C20H22FN3O3/c21-13-5-3-4-12(10-13)19(25)23-15-8-9-17-16(11-15)18(24-27-17)20(26)22-14-6-1-2-7-14/h3-5,10,14-15H,1-2,6-9,11H2,(H,22,26)(H,23,25). The molecule has 1 atom stereocenters. The van der Waals surface area contributed by atoms with Gasteiger partial charge >= 0.3 is 0 Å². The molecule has 1 unspecified atom stereocenters. The van der Waals surface area contributed by atoms with Gasteiger partial charge < -0.3 is 15.2 Å². The summed E-state index contributed by atoms with van der Waals surface area (Å²) in [7, 11) is 0. The van der Waals surface area contributed by atoms with Gasteiger partial charge in [0, 0.05) is 29.6 Å². The van der Waals surface area contributed by atoms with Gasteiger partial charge in [0.1, 0.15) is 11.6 Å². The Morgan fingerprint density at radius 3 is 2.63 bits per heavy atom. The van der Waals surface area contributed by atoms with Crippen molar-refractivity contribution < 1.29 is 18.5 Å². The molecule has 2 aromatic rings. The third-order valence-electron chi connectivity index (χ3n) is 5.37. The van der Waals surface area contributed by atoms with Gasteiger partial charge in [0.05, 0.1) is 0 Å². The lowest BCUT2D eigenvalue weighted by Gasteiger charge is -2.22. The second-order valence-electron chi connectivity index (χ2n) is 7.31. The molecule has 0 aliphatic heterocycles. The first-order valence-corrected chi connectivity index (χ1v) is 9.45. The predicted molar refractivity (Wildman–Crippen MR) is 95.9 cm³/mol. The van der Waals surface area contributed by atoms with Gasteiger partial charge in [0.2, 0.25) is 0 Å². The molecule has 0 radical (unpaired) electrons. The molecule has 1 aromatic carbocycles. The minimum Gasteiger partial charge on any atom is -0.360 e. The number of carbonyl (C=O) groups is 2. The maximum atomic E-state index is 13.3. The van der Waals surface area contributed by atoms with Crippen molar-refractivity contribution in [3.05, 3.63) is 52.7 Å². The molecule has 6 nitrogen and oxygen atoms in total. The summed E-state index contributed by atoms with van der Waals surface area (Å²) in [6.45, 7) is 0. The molecule has 1 saturated carbocycles. The van der Waals surface area contributed by atoms with E-state index >= 15 is 0 Å². The van der Waals surface area contributed by atoms with E-state index in [0.29, 0.717) is 30.7 Å². The third-order valence-corrected chi connectivity index (χ3v) is 5.37. The smallest absolute Gasteiger partial charge is 0.273 e. The molecule has 4 rings (SSSR count). The molecule has 0 saturated heterocycles. The van der Waals surface area contributed by atoms with Crippen molar-refractivity contribution in [2.45, 2.75) is 57.0 Å². The zero-order valence-corrected chi connectivity index (χ0v) is 15.0. The average Bonchev–Trinajstić information content (AvgIpc) is 3.31. The molecule has 142 valence electrons. The Labute approximate surface area is 156 Å². The molecule has 2 amide bonds. The van der Waals surface area contributed by atoms with Crippen LogP contribution < -0.4 is 10.6 Å². The van der Waals surface area contributed by atoms with E-state index in [1.54, 1.807) is 6.07 Å². The molecule has 2 aliphatic carbocycles. The van der Waals surface area contributed by atoms with Gasteiger partial charge in [0.15, 0.2) is 5.69 Å². The van der Waals surface area contributed by atoms with Gasteiger partial charge in [-0.3, -0.25) is 9.59 Å². The lowest BCUT2D eigenvalue weighted by Crippen LogP contribution is -2.39. The summed E-state index contributed by atoms with van der Waals surface area (Å²) < 4.78 is 18.7. The summed E-state index contributed by atoms with van der Waals surface area (Å²) in [6, 6.07) is 5.66. The van der Waals surface area contributed by atoms with Gasteiger partial charge in [-0.2, -0.15) is 0 Å². The van der Waals surface area contributed by atoms with Crippen LogP contribution in [0.3, 0.4) is 0 Å². The van der Waals surface area contributed by atoms with Gasteiger partial charge in [-0.05, 0) is 43.9 Å². The number of fused-ring (bicyclic) bond motifs is 1. The molecule has 2 N–H and O–H groups in total. The predicted octanol–water partition coefficient (Wildman–Crippen LogP) is 2.77. The molecule has 1 aromatic heterocycles. The number of nitrogens with zero attached hydrogens (tertiary/aromatic N) is 1. The monoisotopic (exact) mass is 371 g/mol. The zero-order chi connectivity index (χ0) is 18.8. The first-order chi connectivity index (χ1) is 13.1. The fourth-order valence-corrected chi connectivity index (χ4v) is 3.93. The SMILES string of the molecule is O=C(NC1CCc2onc(C(=O)NC3CCCC3)c2C1)c1cccc(F)c1. The molecule has 0 bridgehead atoms. The summed E-state index contributed by atoms with van der Waals surface area (Å²) in [4.78, 5) is 24.9. The molecule has 2 aliphatic rings. The number of benzene rings is 1. The van der Waals surface area contributed by atoms with E-state index in [-0.39, 0.29) is 29.5 Å². The molecule has 7 heteroatoms. The van der Waals surface area contributed by atoms with E-state index in [0.717, 1.165) is 31.2 Å². The molecular formula is C20H22FN3O3. The highest BCUT2D eigenvalue weighted by atomic mass is 19.1. The number of rotatable bonds is 4. The van der Waals surface area contributed by atoms with Crippen LogP contribution >= 0.6 is 0 Å². The lowest BCUT2D eigenvalue weighted by atomic mass is 9.91. The molecule has 27 heavy (non-hydrogen) atoms. The van der Waals surface area contributed by atoms with E-state index in [4.69, 9.17) is 4.52 Å². The van der Waals surface area contributed by atoms with E-state index in [9.17, 15) is 14.0 Å². The van der Waals surface area contributed by atoms with Crippen molar-refractivity contribution in [1.29, 1.82) is 0 Å². The topological polar surface area (TPSA) is 84.2 Å². The third kappa shape index (κ3) is 3.86. The Morgan fingerprint density at radius 1 is 1.07 bits per heavy atom. The van der Waals surface area contributed by atoms with Gasteiger partial charge in [-0.25, -0.2) is 4.39 Å². The van der Waals surface area contributed by atoms with Crippen LogP contribution in [0, 0.1) is 5.82 Å². The minimum atomic E-state index is -0.446. The van der Waals surface area contributed by atoms with Gasteiger partial charge in [-0.15, -0.1) is 0 Å². The van der Waals surface area contributed by atoms with Crippen molar-refractivity contribution in [2.24, 2.45) is 0 Å². The van der Waals surface area contributed by atoms with E-state index in [2.05, 4.69) is 15.8 Å². The number of aromatic nitrogens is 1. The van der Waals surface area contributed by atoms with Crippen molar-refractivity contribution >= 4 is 11.8 Å². The highest BCUT2D eigenvalue weighted by Gasteiger charge is 2.30. The summed E-state index contributed by atoms with van der Waals surface area (Å²) in [5.41, 5.74) is 1.37. The van der Waals surface area contributed by atoms with E-state index in [1.807, 2.05) is 0 Å². The highest BCUT2D eigenvalue weighted by molar-refractivity contribution is 5.95. The molecule has 1 heterocycles. The molecule has 1 fully saturated rings. The Kier molecular flexibility index (Phi) is 4.92. The van der Waals surface area contributed by atoms with Crippen molar-refractivity contribution in [1.82, 2.24) is 15.8 Å². The van der Waals surface area contributed by atoms with Crippen LogP contribution in [0.25, 0.3) is 0 Å². The van der Waals surface area contributed by atoms with Crippen LogP contribution in [-0.2, 0) is 12.8 Å². The van der Waals surface area contributed by atoms with Crippen molar-refractivity contribution in [2.75, 3.05) is 0 Å². The summed E-state index contributed by atoms with van der Waals surface area (Å²) in [5.74, 6) is -0.262. The highest BCUT2D eigenvalue weighted by Crippen LogP contribution is 2.26. The number of halogens is 1. The fraction of sp³-hybridized carbons (Fsp3) is 0.450. The molecular weight excluding hydrogens is 349 g/mol. The largest absolute Gasteiger partial charge is 0.360 e. The van der Waals surface area contributed by atoms with E-state index in [1.165, 1.54) is 18.2 Å². The van der Waals surface area contributed by atoms with Crippen LogP contribution in [0.1, 0.15) is 64.3 Å². The number of amides is 2. The summed E-state index contributed by atoms with van der Waals surface area (Å²) in [5, 5.41) is 9.93. The number of carbonyl (C=O) groups excluding carboxylic acids is 2. The maximum absolute atomic E-state index is 13.3. The second kappa shape index (κ2) is 7.50. The van der Waals surface area contributed by atoms with Crippen LogP contribution in [0.15, 0.2) is 28.8 Å². The Balaban J connectivity index is 1.43. The van der Waals surface area contributed by atoms with Crippen LogP contribution in [-0.4, -0.2) is 29.1 Å². The first kappa shape index (κ1) is 17.7. The first-order valence-electron chi connectivity index (χ1n) is 9.45. The van der Waals surface area contributed by atoms with E-state index < -0.39 is 5.82 Å². The fourth-order valence-electron chi connectivity index (χ4n) is 3.93. The quantitative estimate of drug-likeness (QED) is 0.866. The Morgan fingerprint density at radius 2 is 1.85 bits per heavy atom.